The van der Waals surface area contributed by atoms with Crippen molar-refractivity contribution in [3.8, 4) is 0 Å². The van der Waals surface area contributed by atoms with Crippen LogP contribution >= 0.6 is 0 Å². The molecule has 31 heavy (non-hydrogen) atoms. The molecule has 1 aromatic rings. The molecule has 170 valence electrons. The summed E-state index contributed by atoms with van der Waals surface area (Å²) in [4.78, 5) is 12.5. The summed E-state index contributed by atoms with van der Waals surface area (Å²) in [6, 6.07) is 1.49. The number of rotatable bonds is 3. The van der Waals surface area contributed by atoms with Crippen molar-refractivity contribution in [3.63, 3.8) is 0 Å². The van der Waals surface area contributed by atoms with Gasteiger partial charge in [0.05, 0.1) is 11.2 Å². The molecule has 0 saturated carbocycles. The van der Waals surface area contributed by atoms with Crippen LogP contribution in [0, 0.1) is 17.7 Å². The summed E-state index contributed by atoms with van der Waals surface area (Å²) in [6.45, 7) is 7.85. The number of hydrogen-bond acceptors (Lipinski definition) is 6. The third-order valence-corrected chi connectivity index (χ3v) is 8.89. The van der Waals surface area contributed by atoms with Crippen LogP contribution in [0.2, 0.25) is 0 Å². The number of amides is 1. The maximum absolute atomic E-state index is 15.3. The number of hydrogen-bond donors (Lipinski definition) is 3. The summed E-state index contributed by atoms with van der Waals surface area (Å²) in [5.74, 6) is -1.18. The molecule has 1 aliphatic carbocycles. The van der Waals surface area contributed by atoms with Crippen molar-refractivity contribution < 1.29 is 22.1 Å². The van der Waals surface area contributed by atoms with Crippen LogP contribution in [0.3, 0.4) is 0 Å². The maximum Gasteiger partial charge on any atom is 0.294 e. The van der Waals surface area contributed by atoms with E-state index < -0.39 is 37.5 Å². The quantitative estimate of drug-likeness (QED) is 0.644. The number of likely N-dealkylation sites (N-methyl/N-ethyl adjacent to an activating group) is 1. The summed E-state index contributed by atoms with van der Waals surface area (Å²) < 4.78 is 45.8. The van der Waals surface area contributed by atoms with Crippen molar-refractivity contribution in [1.82, 2.24) is 20.1 Å². The molecule has 9 nitrogen and oxygen atoms in total. The van der Waals surface area contributed by atoms with Crippen molar-refractivity contribution in [3.05, 3.63) is 41.2 Å². The molecule has 2 aliphatic rings. The fraction of sp³-hybridized carbons (Fsp3) is 0.550. The van der Waals surface area contributed by atoms with Gasteiger partial charge in [-0.15, -0.1) is 0 Å². The van der Waals surface area contributed by atoms with Gasteiger partial charge in [-0.05, 0) is 39.8 Å². The first kappa shape index (κ1) is 23.1. The molecule has 1 unspecified atom stereocenters. The molecule has 2 heterocycles. The second kappa shape index (κ2) is 7.27. The van der Waals surface area contributed by atoms with Crippen molar-refractivity contribution in [1.29, 1.82) is 5.41 Å². The van der Waals surface area contributed by atoms with Crippen molar-refractivity contribution in [2.75, 3.05) is 13.6 Å². The summed E-state index contributed by atoms with van der Waals surface area (Å²) >= 11 is 0. The number of nitrogens with one attached hydrogen (secondary N) is 3. The molecule has 3 rings (SSSR count). The maximum atomic E-state index is 15.3. The Bertz CT molecular complexity index is 1110. The van der Waals surface area contributed by atoms with Gasteiger partial charge in [0.25, 0.3) is 5.91 Å². The van der Waals surface area contributed by atoms with E-state index in [0.717, 1.165) is 4.31 Å². The molecule has 3 N–H and O–H groups in total. The molecule has 1 amide bonds. The lowest BCUT2D eigenvalue weighted by atomic mass is 9.66. The Balaban J connectivity index is 1.94. The molecule has 0 aromatic carbocycles. The molecule has 0 spiro atoms. The molecule has 0 bridgehead atoms. The van der Waals surface area contributed by atoms with Crippen LogP contribution < -0.4 is 10.6 Å². The van der Waals surface area contributed by atoms with Gasteiger partial charge in [-0.2, -0.15) is 0 Å². The minimum absolute atomic E-state index is 0.0308. The van der Waals surface area contributed by atoms with Crippen LogP contribution in [0.15, 0.2) is 34.3 Å². The zero-order chi connectivity index (χ0) is 23.4. The van der Waals surface area contributed by atoms with Gasteiger partial charge in [0.15, 0.2) is 0 Å². The zero-order valence-corrected chi connectivity index (χ0v) is 19.3. The van der Waals surface area contributed by atoms with Crippen molar-refractivity contribution >= 4 is 21.8 Å². The van der Waals surface area contributed by atoms with Gasteiger partial charge < -0.3 is 15.2 Å². The average molecular weight is 454 g/mol. The van der Waals surface area contributed by atoms with Crippen LogP contribution in [-0.2, 0) is 10.0 Å². The van der Waals surface area contributed by atoms with Gasteiger partial charge >= 0.3 is 0 Å². The Morgan fingerprint density at radius 2 is 1.97 bits per heavy atom. The average Bonchev–Trinajstić information content (AvgIpc) is 3.08. The second-order valence-corrected chi connectivity index (χ2v) is 11.7. The molecular weight excluding hydrogens is 425 g/mol. The van der Waals surface area contributed by atoms with Gasteiger partial charge in [0.1, 0.15) is 16.4 Å². The highest BCUT2D eigenvalue weighted by molar-refractivity contribution is 7.91. The normalized spacial score (nSPS) is 30.6. The Kier molecular flexibility index (Phi) is 5.42. The summed E-state index contributed by atoms with van der Waals surface area (Å²) in [7, 11) is -2.42. The van der Waals surface area contributed by atoms with Crippen LogP contribution in [0.5, 0.6) is 0 Å². The van der Waals surface area contributed by atoms with Gasteiger partial charge in [-0.3, -0.25) is 10.2 Å². The van der Waals surface area contributed by atoms with E-state index in [1.807, 2.05) is 0 Å². The minimum Gasteiger partial charge on any atom is -0.365 e. The molecule has 1 fully saturated rings. The van der Waals surface area contributed by atoms with Gasteiger partial charge in [0.2, 0.25) is 15.8 Å². The first-order valence-electron chi connectivity index (χ1n) is 9.79. The number of aromatic nitrogens is 1. The number of carbonyl (C=O) groups excluding carboxylic acids is 1. The van der Waals surface area contributed by atoms with E-state index in [4.69, 9.17) is 9.93 Å². The predicted molar refractivity (Wildman–Crippen MR) is 114 cm³/mol. The van der Waals surface area contributed by atoms with E-state index in [1.165, 1.54) is 39.1 Å². The topological polar surface area (TPSA) is 128 Å². The monoisotopic (exact) mass is 453 g/mol. The Morgan fingerprint density at radius 1 is 1.32 bits per heavy atom. The SMILES string of the molecule is Cc1cc(C(=O)NC2=CC=C(F)C(C)([C@]3(C)CN(C)S(=O)(=O)C(C)(C)C(=N)N3)C2)on1. The number of carbonyl (C=O) groups is 1. The van der Waals surface area contributed by atoms with Crippen LogP contribution in [-0.4, -0.2) is 53.5 Å². The lowest BCUT2D eigenvalue weighted by Crippen LogP contribution is -2.62. The van der Waals surface area contributed by atoms with Crippen molar-refractivity contribution in [2.45, 2.75) is 51.3 Å². The highest BCUT2D eigenvalue weighted by Crippen LogP contribution is 2.48. The van der Waals surface area contributed by atoms with E-state index in [-0.39, 0.29) is 24.6 Å². The lowest BCUT2D eigenvalue weighted by Gasteiger charge is -2.48. The van der Waals surface area contributed by atoms with Crippen LogP contribution in [0.4, 0.5) is 4.39 Å². The van der Waals surface area contributed by atoms with E-state index in [2.05, 4.69) is 15.8 Å². The Labute approximate surface area is 181 Å². The molecule has 1 aliphatic heterocycles. The fourth-order valence-electron chi connectivity index (χ4n) is 3.93. The van der Waals surface area contributed by atoms with E-state index in [0.29, 0.717) is 11.4 Å². The number of allylic oxidation sites excluding steroid dienone is 3. The van der Waals surface area contributed by atoms with Crippen molar-refractivity contribution in [2.24, 2.45) is 5.41 Å². The molecule has 0 radical (unpaired) electrons. The number of amidine groups is 1. The summed E-state index contributed by atoms with van der Waals surface area (Å²) in [5, 5.41) is 17.8. The number of aryl methyl sites for hydroxylation is 1. The standard InChI is InChI=1S/C20H28FN5O4S/c1-12-9-14(30-25-12)16(27)23-13-7-8-15(21)19(4,10-13)20(5)11-26(6)31(28,29)18(2,3)17(22)24-20/h7-9H,10-11H2,1-6H3,(H2,22,24)(H,23,27)/t19?,20-/m0/s1. The molecule has 2 atom stereocenters. The van der Waals surface area contributed by atoms with Crippen LogP contribution in [0.1, 0.15) is 50.4 Å². The van der Waals surface area contributed by atoms with E-state index >= 15 is 4.39 Å². The molecular formula is C20H28FN5O4S. The Morgan fingerprint density at radius 3 is 2.55 bits per heavy atom. The third kappa shape index (κ3) is 3.59. The van der Waals surface area contributed by atoms with E-state index in [9.17, 15) is 13.2 Å². The molecule has 11 heteroatoms. The third-order valence-electron chi connectivity index (χ3n) is 6.44. The van der Waals surface area contributed by atoms with Gasteiger partial charge in [-0.25, -0.2) is 17.1 Å². The minimum atomic E-state index is -3.84. The Hall–Kier alpha value is -2.53. The zero-order valence-electron chi connectivity index (χ0n) is 18.5. The fourth-order valence-corrected chi connectivity index (χ4v) is 5.45. The summed E-state index contributed by atoms with van der Waals surface area (Å²) in [5.41, 5.74) is -1.43. The molecule has 1 saturated heterocycles. The lowest BCUT2D eigenvalue weighted by molar-refractivity contribution is 0.0909. The largest absolute Gasteiger partial charge is 0.365 e. The highest BCUT2D eigenvalue weighted by Gasteiger charge is 2.56. The van der Waals surface area contributed by atoms with E-state index in [1.54, 1.807) is 20.8 Å². The number of sulfonamides is 1. The highest BCUT2D eigenvalue weighted by atomic mass is 32.2. The van der Waals surface area contributed by atoms with Gasteiger partial charge in [0, 0.05) is 37.2 Å². The first-order valence-corrected chi connectivity index (χ1v) is 11.2. The first-order chi connectivity index (χ1) is 14.1. The van der Waals surface area contributed by atoms with Crippen LogP contribution in [0.25, 0.3) is 0 Å². The smallest absolute Gasteiger partial charge is 0.294 e. The number of nitrogens with zero attached hydrogens (tertiary/aromatic N) is 2. The molecule has 1 aromatic heterocycles. The second-order valence-electron chi connectivity index (χ2n) is 9.11. The number of halogens is 1. The summed E-state index contributed by atoms with van der Waals surface area (Å²) in [6.07, 6.45) is 2.79. The van der Waals surface area contributed by atoms with Gasteiger partial charge in [-0.1, -0.05) is 12.1 Å². The predicted octanol–water partition coefficient (Wildman–Crippen LogP) is 2.24.